The van der Waals surface area contributed by atoms with Crippen molar-refractivity contribution < 1.29 is 19.6 Å². The van der Waals surface area contributed by atoms with Gasteiger partial charge >= 0.3 is 12.0 Å². The Kier molecular flexibility index (Phi) is 6.81. The van der Waals surface area contributed by atoms with E-state index in [1.165, 1.54) is 17.0 Å². The van der Waals surface area contributed by atoms with Crippen LogP contribution in [0.25, 0.3) is 0 Å². The molecule has 2 N–H and O–H groups in total. The lowest BCUT2D eigenvalue weighted by Crippen LogP contribution is -2.38. The van der Waals surface area contributed by atoms with Gasteiger partial charge in [0, 0.05) is 38.7 Å². The Bertz CT molecular complexity index is 547. The number of hydrogen-bond acceptors (Lipinski definition) is 4. The highest BCUT2D eigenvalue weighted by Crippen LogP contribution is 2.13. The van der Waals surface area contributed by atoms with Crippen molar-refractivity contribution in [2.24, 2.45) is 0 Å². The number of rotatable bonds is 8. The molecule has 120 valence electrons. The Balaban J connectivity index is 2.37. The van der Waals surface area contributed by atoms with E-state index in [9.17, 15) is 19.7 Å². The number of nitrogens with one attached hydrogen (secondary N) is 1. The lowest BCUT2D eigenvalue weighted by molar-refractivity contribution is -0.384. The molecular formula is C14H19N3O5. The molecule has 0 aliphatic rings. The first kappa shape index (κ1) is 17.4. The summed E-state index contributed by atoms with van der Waals surface area (Å²) in [4.78, 5) is 33.8. The number of carboxylic acids is 1. The fourth-order valence-corrected chi connectivity index (χ4v) is 1.79. The van der Waals surface area contributed by atoms with Gasteiger partial charge in [0.15, 0.2) is 0 Å². The zero-order valence-corrected chi connectivity index (χ0v) is 12.3. The largest absolute Gasteiger partial charge is 0.481 e. The van der Waals surface area contributed by atoms with Gasteiger partial charge in [-0.3, -0.25) is 14.9 Å². The minimum Gasteiger partial charge on any atom is -0.481 e. The third-order valence-electron chi connectivity index (χ3n) is 3.05. The van der Waals surface area contributed by atoms with Crippen molar-refractivity contribution in [3.05, 3.63) is 39.9 Å². The standard InChI is InChI=1S/C14H19N3O5/c1-16(14(20)15-8-3-6-13(18)19)9-7-11-4-2-5-12(10-11)17(21)22/h2,4-5,10H,3,6-9H2,1H3,(H,15,20)(H,18,19). The molecule has 0 bridgehead atoms. The number of carbonyl (C=O) groups excluding carboxylic acids is 1. The molecule has 0 atom stereocenters. The maximum Gasteiger partial charge on any atom is 0.317 e. The topological polar surface area (TPSA) is 113 Å². The average molecular weight is 309 g/mol. The Hall–Kier alpha value is -2.64. The smallest absolute Gasteiger partial charge is 0.317 e. The summed E-state index contributed by atoms with van der Waals surface area (Å²) >= 11 is 0. The van der Waals surface area contributed by atoms with Gasteiger partial charge in [0.1, 0.15) is 0 Å². The zero-order chi connectivity index (χ0) is 16.5. The van der Waals surface area contributed by atoms with Gasteiger partial charge < -0.3 is 15.3 Å². The molecule has 0 aromatic heterocycles. The number of nitro benzene ring substituents is 1. The number of carboxylic acid groups (broad SMARTS) is 1. The Morgan fingerprint density at radius 3 is 2.77 bits per heavy atom. The van der Waals surface area contributed by atoms with Gasteiger partial charge in [-0.15, -0.1) is 0 Å². The number of nitro groups is 1. The SMILES string of the molecule is CN(CCc1cccc([N+](=O)[O-])c1)C(=O)NCCCC(=O)O. The second kappa shape index (κ2) is 8.60. The van der Waals surface area contributed by atoms with E-state index < -0.39 is 10.9 Å². The number of benzene rings is 1. The lowest BCUT2D eigenvalue weighted by atomic mass is 10.1. The number of hydrogen-bond donors (Lipinski definition) is 2. The number of nitrogens with zero attached hydrogens (tertiary/aromatic N) is 2. The number of carbonyl (C=O) groups is 2. The van der Waals surface area contributed by atoms with Gasteiger partial charge in [0.25, 0.3) is 5.69 Å². The number of non-ortho nitro benzene ring substituents is 1. The maximum atomic E-state index is 11.7. The van der Waals surface area contributed by atoms with E-state index in [1.807, 2.05) is 0 Å². The molecule has 0 heterocycles. The molecule has 8 nitrogen and oxygen atoms in total. The highest BCUT2D eigenvalue weighted by atomic mass is 16.6. The van der Waals surface area contributed by atoms with Crippen molar-refractivity contribution in [1.82, 2.24) is 10.2 Å². The summed E-state index contributed by atoms with van der Waals surface area (Å²) < 4.78 is 0. The highest BCUT2D eigenvalue weighted by Gasteiger charge is 2.10. The van der Waals surface area contributed by atoms with Crippen LogP contribution in [0.2, 0.25) is 0 Å². The van der Waals surface area contributed by atoms with Gasteiger partial charge in [0.2, 0.25) is 0 Å². The predicted octanol–water partition coefficient (Wildman–Crippen LogP) is 1.64. The molecule has 0 fully saturated rings. The van der Waals surface area contributed by atoms with Crippen molar-refractivity contribution >= 4 is 17.7 Å². The molecule has 22 heavy (non-hydrogen) atoms. The predicted molar refractivity (Wildman–Crippen MR) is 79.7 cm³/mol. The van der Waals surface area contributed by atoms with Gasteiger partial charge in [-0.2, -0.15) is 0 Å². The fourth-order valence-electron chi connectivity index (χ4n) is 1.79. The molecule has 0 saturated heterocycles. The fraction of sp³-hybridized carbons (Fsp3) is 0.429. The molecule has 1 aromatic carbocycles. The van der Waals surface area contributed by atoms with E-state index in [2.05, 4.69) is 5.32 Å². The van der Waals surface area contributed by atoms with E-state index in [1.54, 1.807) is 19.2 Å². The highest BCUT2D eigenvalue weighted by molar-refractivity contribution is 5.74. The summed E-state index contributed by atoms with van der Waals surface area (Å²) in [7, 11) is 1.61. The normalized spacial score (nSPS) is 10.0. The Labute approximate surface area is 127 Å². The van der Waals surface area contributed by atoms with E-state index in [4.69, 9.17) is 5.11 Å². The van der Waals surface area contributed by atoms with Crippen LogP contribution >= 0.6 is 0 Å². The molecule has 0 radical (unpaired) electrons. The number of aliphatic carboxylic acids is 1. The average Bonchev–Trinajstić information content (AvgIpc) is 2.49. The first-order chi connectivity index (χ1) is 10.4. The van der Waals surface area contributed by atoms with E-state index >= 15 is 0 Å². The number of likely N-dealkylation sites (N-methyl/N-ethyl adjacent to an activating group) is 1. The minimum absolute atomic E-state index is 0.0116. The third kappa shape index (κ3) is 6.21. The van der Waals surface area contributed by atoms with Crippen LogP contribution in [-0.4, -0.2) is 47.1 Å². The lowest BCUT2D eigenvalue weighted by Gasteiger charge is -2.17. The van der Waals surface area contributed by atoms with Gasteiger partial charge in [-0.1, -0.05) is 12.1 Å². The summed E-state index contributed by atoms with van der Waals surface area (Å²) in [5.41, 5.74) is 0.804. The molecular weight excluding hydrogens is 290 g/mol. The van der Waals surface area contributed by atoms with Crippen LogP contribution in [0.5, 0.6) is 0 Å². The molecule has 0 aliphatic carbocycles. The first-order valence-electron chi connectivity index (χ1n) is 6.84. The summed E-state index contributed by atoms with van der Waals surface area (Å²) in [5, 5.41) is 21.8. The third-order valence-corrected chi connectivity index (χ3v) is 3.05. The van der Waals surface area contributed by atoms with Crippen LogP contribution in [0.1, 0.15) is 18.4 Å². The quantitative estimate of drug-likeness (QED) is 0.430. The summed E-state index contributed by atoms with van der Waals surface area (Å²) in [6.07, 6.45) is 0.887. The molecule has 8 heteroatoms. The summed E-state index contributed by atoms with van der Waals surface area (Å²) in [5.74, 6) is -0.895. The monoisotopic (exact) mass is 309 g/mol. The van der Waals surface area contributed by atoms with Crippen molar-refractivity contribution in [2.45, 2.75) is 19.3 Å². The molecule has 0 saturated carbocycles. The molecule has 2 amide bonds. The van der Waals surface area contributed by atoms with E-state index in [0.29, 0.717) is 25.9 Å². The number of urea groups is 1. The van der Waals surface area contributed by atoms with Crippen LogP contribution in [0.3, 0.4) is 0 Å². The van der Waals surface area contributed by atoms with Crippen molar-refractivity contribution in [1.29, 1.82) is 0 Å². The molecule has 1 rings (SSSR count). The summed E-state index contributed by atoms with van der Waals surface area (Å²) in [6.45, 7) is 0.707. The van der Waals surface area contributed by atoms with Crippen molar-refractivity contribution in [3.8, 4) is 0 Å². The van der Waals surface area contributed by atoms with E-state index in [0.717, 1.165) is 5.56 Å². The van der Waals surface area contributed by atoms with Crippen LogP contribution in [0.4, 0.5) is 10.5 Å². The number of amides is 2. The minimum atomic E-state index is -0.895. The van der Waals surface area contributed by atoms with Crippen LogP contribution in [-0.2, 0) is 11.2 Å². The first-order valence-corrected chi connectivity index (χ1v) is 6.84. The summed E-state index contributed by atoms with van der Waals surface area (Å²) in [6, 6.07) is 5.99. The van der Waals surface area contributed by atoms with Crippen LogP contribution in [0, 0.1) is 10.1 Å². The molecule has 0 aliphatic heterocycles. The molecule has 0 unspecified atom stereocenters. The van der Waals surface area contributed by atoms with Gasteiger partial charge in [0.05, 0.1) is 4.92 Å². The van der Waals surface area contributed by atoms with Gasteiger partial charge in [-0.05, 0) is 18.4 Å². The van der Waals surface area contributed by atoms with Crippen LogP contribution < -0.4 is 5.32 Å². The van der Waals surface area contributed by atoms with Crippen molar-refractivity contribution in [3.63, 3.8) is 0 Å². The Morgan fingerprint density at radius 1 is 1.41 bits per heavy atom. The molecule has 0 spiro atoms. The second-order valence-corrected chi connectivity index (χ2v) is 4.83. The maximum absolute atomic E-state index is 11.7. The zero-order valence-electron chi connectivity index (χ0n) is 12.3. The Morgan fingerprint density at radius 2 is 2.14 bits per heavy atom. The van der Waals surface area contributed by atoms with Gasteiger partial charge in [-0.25, -0.2) is 4.79 Å². The van der Waals surface area contributed by atoms with E-state index in [-0.39, 0.29) is 18.1 Å². The molecule has 1 aromatic rings. The van der Waals surface area contributed by atoms with Crippen LogP contribution in [0.15, 0.2) is 24.3 Å². The second-order valence-electron chi connectivity index (χ2n) is 4.83. The van der Waals surface area contributed by atoms with Crippen molar-refractivity contribution in [2.75, 3.05) is 20.1 Å².